The molecule has 0 spiro atoms. The van der Waals surface area contributed by atoms with Crippen molar-refractivity contribution in [2.24, 2.45) is 5.92 Å². The van der Waals surface area contributed by atoms with E-state index < -0.39 is 0 Å². The fraction of sp³-hybridized carbons (Fsp3) is 0.357. The number of carbonyl (C=O) groups excluding carboxylic acids is 3. The molecule has 2 aliphatic heterocycles. The standard InChI is InChI=1S/C14H13BrN2O3/c1-16-13(19)10-3-2-9(5-11(10)14(16)20)17-7-8(6-15)4-12(17)18/h2-3,5,8H,4,6-7H2,1H3. The zero-order valence-corrected chi connectivity index (χ0v) is 12.5. The highest BCUT2D eigenvalue weighted by Gasteiger charge is 2.35. The van der Waals surface area contributed by atoms with Gasteiger partial charge in [0.25, 0.3) is 11.8 Å². The normalized spacial score (nSPS) is 21.9. The third-order valence-corrected chi connectivity index (χ3v) is 4.72. The maximum Gasteiger partial charge on any atom is 0.261 e. The number of imide groups is 1. The molecular weight excluding hydrogens is 324 g/mol. The lowest BCUT2D eigenvalue weighted by Crippen LogP contribution is -2.25. The van der Waals surface area contributed by atoms with Gasteiger partial charge in [-0.3, -0.25) is 19.3 Å². The smallest absolute Gasteiger partial charge is 0.261 e. The number of benzene rings is 1. The molecular formula is C14H13BrN2O3. The van der Waals surface area contributed by atoms with E-state index in [9.17, 15) is 14.4 Å². The number of halogens is 1. The number of carbonyl (C=O) groups is 3. The third-order valence-electron chi connectivity index (χ3n) is 3.81. The zero-order chi connectivity index (χ0) is 14.4. The van der Waals surface area contributed by atoms with Crippen LogP contribution >= 0.6 is 15.9 Å². The Balaban J connectivity index is 1.97. The number of fused-ring (bicyclic) bond motifs is 1. The Hall–Kier alpha value is -1.69. The number of amides is 3. The van der Waals surface area contributed by atoms with Crippen LogP contribution in [0.15, 0.2) is 18.2 Å². The summed E-state index contributed by atoms with van der Waals surface area (Å²) in [6.45, 7) is 0.640. The molecule has 1 atom stereocenters. The van der Waals surface area contributed by atoms with Crippen LogP contribution in [0.4, 0.5) is 5.69 Å². The number of alkyl halides is 1. The lowest BCUT2D eigenvalue weighted by Gasteiger charge is -2.17. The van der Waals surface area contributed by atoms with Gasteiger partial charge in [0.1, 0.15) is 0 Å². The summed E-state index contributed by atoms with van der Waals surface area (Å²) in [5.74, 6) is -0.256. The molecule has 0 bridgehead atoms. The molecule has 20 heavy (non-hydrogen) atoms. The van der Waals surface area contributed by atoms with Crippen LogP contribution < -0.4 is 4.90 Å². The topological polar surface area (TPSA) is 57.7 Å². The van der Waals surface area contributed by atoms with Gasteiger partial charge in [0.15, 0.2) is 0 Å². The maximum atomic E-state index is 12.0. The molecule has 1 saturated heterocycles. The monoisotopic (exact) mass is 336 g/mol. The van der Waals surface area contributed by atoms with Crippen molar-refractivity contribution >= 4 is 39.3 Å². The first-order valence-electron chi connectivity index (χ1n) is 6.35. The van der Waals surface area contributed by atoms with E-state index in [-0.39, 0.29) is 23.6 Å². The first-order chi connectivity index (χ1) is 9.52. The summed E-state index contributed by atoms with van der Waals surface area (Å²) in [4.78, 5) is 38.6. The predicted octanol–water partition coefficient (Wildman–Crippen LogP) is 1.66. The number of anilines is 1. The molecule has 1 aromatic rings. The largest absolute Gasteiger partial charge is 0.312 e. The van der Waals surface area contributed by atoms with Gasteiger partial charge in [0, 0.05) is 31.0 Å². The van der Waals surface area contributed by atoms with Crippen molar-refractivity contribution in [3.63, 3.8) is 0 Å². The van der Waals surface area contributed by atoms with Crippen molar-refractivity contribution in [1.82, 2.24) is 4.90 Å². The SMILES string of the molecule is CN1C(=O)c2ccc(N3CC(CBr)CC3=O)cc2C1=O. The van der Waals surface area contributed by atoms with Crippen molar-refractivity contribution in [2.75, 3.05) is 23.8 Å². The van der Waals surface area contributed by atoms with Crippen molar-refractivity contribution in [3.8, 4) is 0 Å². The molecule has 0 aliphatic carbocycles. The summed E-state index contributed by atoms with van der Waals surface area (Å²) < 4.78 is 0. The zero-order valence-electron chi connectivity index (χ0n) is 10.9. The van der Waals surface area contributed by atoms with E-state index in [2.05, 4.69) is 15.9 Å². The van der Waals surface area contributed by atoms with Crippen molar-refractivity contribution < 1.29 is 14.4 Å². The molecule has 1 fully saturated rings. The summed E-state index contributed by atoms with van der Waals surface area (Å²) in [6.07, 6.45) is 0.509. The molecule has 6 heteroatoms. The highest BCUT2D eigenvalue weighted by Crippen LogP contribution is 2.30. The lowest BCUT2D eigenvalue weighted by molar-refractivity contribution is -0.117. The molecule has 2 heterocycles. The van der Waals surface area contributed by atoms with Crippen LogP contribution in [0.1, 0.15) is 27.1 Å². The second-order valence-electron chi connectivity index (χ2n) is 5.13. The van der Waals surface area contributed by atoms with Gasteiger partial charge in [-0.2, -0.15) is 0 Å². The Kier molecular flexibility index (Phi) is 3.12. The second kappa shape index (κ2) is 4.70. The van der Waals surface area contributed by atoms with E-state index >= 15 is 0 Å². The first-order valence-corrected chi connectivity index (χ1v) is 7.48. The van der Waals surface area contributed by atoms with Crippen LogP contribution in [0.2, 0.25) is 0 Å². The van der Waals surface area contributed by atoms with Crippen molar-refractivity contribution in [2.45, 2.75) is 6.42 Å². The Bertz CT molecular complexity index is 629. The Morgan fingerprint density at radius 2 is 1.90 bits per heavy atom. The molecule has 2 aliphatic rings. The minimum atomic E-state index is -0.310. The number of nitrogens with zero attached hydrogens (tertiary/aromatic N) is 2. The van der Waals surface area contributed by atoms with Crippen LogP contribution in [0.5, 0.6) is 0 Å². The highest BCUT2D eigenvalue weighted by molar-refractivity contribution is 9.09. The average molecular weight is 337 g/mol. The second-order valence-corrected chi connectivity index (χ2v) is 5.78. The third kappa shape index (κ3) is 1.86. The molecule has 1 aromatic carbocycles. The van der Waals surface area contributed by atoms with Crippen molar-refractivity contribution in [3.05, 3.63) is 29.3 Å². The minimum absolute atomic E-state index is 0.0551. The maximum absolute atomic E-state index is 12.0. The predicted molar refractivity (Wildman–Crippen MR) is 77.1 cm³/mol. The van der Waals surface area contributed by atoms with E-state index in [1.54, 1.807) is 23.1 Å². The van der Waals surface area contributed by atoms with Crippen LogP contribution in [0, 0.1) is 5.92 Å². The van der Waals surface area contributed by atoms with Crippen molar-refractivity contribution in [1.29, 1.82) is 0 Å². The van der Waals surface area contributed by atoms with Gasteiger partial charge in [0.05, 0.1) is 11.1 Å². The first kappa shape index (κ1) is 13.3. The molecule has 5 nitrogen and oxygen atoms in total. The van der Waals surface area contributed by atoms with Gasteiger partial charge in [0.2, 0.25) is 5.91 Å². The van der Waals surface area contributed by atoms with Crippen LogP contribution in [0.25, 0.3) is 0 Å². The molecule has 3 amide bonds. The van der Waals surface area contributed by atoms with Gasteiger partial charge < -0.3 is 4.90 Å². The number of hydrogen-bond donors (Lipinski definition) is 0. The van der Waals surface area contributed by atoms with E-state index in [1.807, 2.05) is 0 Å². The summed E-state index contributed by atoms with van der Waals surface area (Å²) in [6, 6.07) is 5.01. The van der Waals surface area contributed by atoms with Gasteiger partial charge in [-0.25, -0.2) is 0 Å². The Morgan fingerprint density at radius 1 is 1.20 bits per heavy atom. The van der Waals surface area contributed by atoms with Crippen LogP contribution in [0.3, 0.4) is 0 Å². The molecule has 0 N–H and O–H groups in total. The van der Waals surface area contributed by atoms with Gasteiger partial charge in [-0.15, -0.1) is 0 Å². The molecule has 0 saturated carbocycles. The Labute approximate surface area is 124 Å². The minimum Gasteiger partial charge on any atom is -0.312 e. The average Bonchev–Trinajstić information content (AvgIpc) is 2.93. The van der Waals surface area contributed by atoms with E-state index in [1.165, 1.54) is 7.05 Å². The van der Waals surface area contributed by atoms with Crippen LogP contribution in [-0.4, -0.2) is 41.5 Å². The van der Waals surface area contributed by atoms with Crippen LogP contribution in [-0.2, 0) is 4.79 Å². The molecule has 1 unspecified atom stereocenters. The van der Waals surface area contributed by atoms with E-state index in [0.717, 1.165) is 10.2 Å². The lowest BCUT2D eigenvalue weighted by atomic mass is 10.1. The number of hydrogen-bond acceptors (Lipinski definition) is 3. The molecule has 0 radical (unpaired) electrons. The summed E-state index contributed by atoms with van der Waals surface area (Å²) in [5.41, 5.74) is 1.48. The van der Waals surface area contributed by atoms with Gasteiger partial charge >= 0.3 is 0 Å². The van der Waals surface area contributed by atoms with E-state index in [0.29, 0.717) is 29.8 Å². The summed E-state index contributed by atoms with van der Waals surface area (Å²) in [7, 11) is 1.46. The summed E-state index contributed by atoms with van der Waals surface area (Å²) >= 11 is 3.39. The number of rotatable bonds is 2. The van der Waals surface area contributed by atoms with Gasteiger partial charge in [-0.1, -0.05) is 15.9 Å². The fourth-order valence-corrected chi connectivity index (χ4v) is 3.09. The fourth-order valence-electron chi connectivity index (χ4n) is 2.65. The molecule has 3 rings (SSSR count). The van der Waals surface area contributed by atoms with E-state index in [4.69, 9.17) is 0 Å². The molecule has 104 valence electrons. The molecule has 0 aromatic heterocycles. The quantitative estimate of drug-likeness (QED) is 0.609. The summed E-state index contributed by atoms with van der Waals surface area (Å²) in [5, 5.41) is 0.778. The highest BCUT2D eigenvalue weighted by atomic mass is 79.9. The van der Waals surface area contributed by atoms with Gasteiger partial charge in [-0.05, 0) is 24.1 Å². The Morgan fingerprint density at radius 3 is 2.55 bits per heavy atom.